The summed E-state index contributed by atoms with van der Waals surface area (Å²) in [6.45, 7) is 0.917. The van der Waals surface area contributed by atoms with E-state index in [2.05, 4.69) is 4.98 Å². The van der Waals surface area contributed by atoms with Crippen molar-refractivity contribution in [2.24, 2.45) is 11.8 Å². The molecule has 2 heterocycles. The summed E-state index contributed by atoms with van der Waals surface area (Å²) < 4.78 is 29.7. The molecule has 1 saturated carbocycles. The van der Waals surface area contributed by atoms with Crippen LogP contribution in [0.2, 0.25) is 0 Å². The molecule has 1 N–H and O–H groups in total. The van der Waals surface area contributed by atoms with Crippen molar-refractivity contribution in [3.8, 4) is 11.3 Å². The van der Waals surface area contributed by atoms with Crippen LogP contribution >= 0.6 is 0 Å². The molecule has 0 radical (unpaired) electrons. The van der Waals surface area contributed by atoms with E-state index in [1.807, 2.05) is 12.1 Å². The normalized spacial score (nSPS) is 17.9. The third-order valence-electron chi connectivity index (χ3n) is 6.24. The lowest BCUT2D eigenvalue weighted by Gasteiger charge is -2.33. The topological polar surface area (TPSA) is 53.4 Å². The van der Waals surface area contributed by atoms with Crippen LogP contribution in [-0.4, -0.2) is 29.1 Å². The molecule has 1 aromatic carbocycles. The number of carbonyl (C=O) groups is 1. The van der Waals surface area contributed by atoms with E-state index < -0.39 is 17.6 Å². The zero-order chi connectivity index (χ0) is 20.4. The Morgan fingerprint density at radius 2 is 1.76 bits per heavy atom. The number of hydrogen-bond donors (Lipinski definition) is 1. The van der Waals surface area contributed by atoms with Crippen molar-refractivity contribution >= 4 is 11.7 Å². The maximum Gasteiger partial charge on any atom is 0.303 e. The molecular weight excluding hydrogens is 374 g/mol. The molecule has 4 rings (SSSR count). The summed E-state index contributed by atoms with van der Waals surface area (Å²) in [5.41, 5.74) is 1.98. The van der Waals surface area contributed by atoms with Crippen molar-refractivity contribution in [3.05, 3.63) is 47.7 Å². The first kappa shape index (κ1) is 19.8. The molecule has 0 amide bonds. The maximum atomic E-state index is 14.9. The molecule has 0 bridgehead atoms. The van der Waals surface area contributed by atoms with Crippen LogP contribution in [0.3, 0.4) is 0 Å². The monoisotopic (exact) mass is 400 g/mol. The molecular formula is C23H26F2N2O2. The third-order valence-corrected chi connectivity index (χ3v) is 6.24. The maximum absolute atomic E-state index is 14.9. The van der Waals surface area contributed by atoms with E-state index in [1.54, 1.807) is 11.0 Å². The number of halogens is 2. The predicted molar refractivity (Wildman–Crippen MR) is 108 cm³/mol. The van der Waals surface area contributed by atoms with E-state index in [-0.39, 0.29) is 18.0 Å². The van der Waals surface area contributed by atoms with E-state index in [9.17, 15) is 13.6 Å². The van der Waals surface area contributed by atoms with Crippen LogP contribution in [0.4, 0.5) is 14.5 Å². The van der Waals surface area contributed by atoms with Gasteiger partial charge in [-0.15, -0.1) is 0 Å². The second-order valence-electron chi connectivity index (χ2n) is 8.33. The highest BCUT2D eigenvalue weighted by atomic mass is 19.1. The van der Waals surface area contributed by atoms with E-state index in [0.29, 0.717) is 43.1 Å². The number of benzene rings is 1. The van der Waals surface area contributed by atoms with Crippen molar-refractivity contribution in [3.63, 3.8) is 0 Å². The molecule has 1 aliphatic heterocycles. The highest BCUT2D eigenvalue weighted by molar-refractivity contribution is 5.67. The Balaban J connectivity index is 1.50. The van der Waals surface area contributed by atoms with Gasteiger partial charge in [-0.3, -0.25) is 9.78 Å². The first-order valence-electron chi connectivity index (χ1n) is 10.4. The van der Waals surface area contributed by atoms with Gasteiger partial charge in [0.1, 0.15) is 17.3 Å². The van der Waals surface area contributed by atoms with Crippen LogP contribution in [0.5, 0.6) is 0 Å². The van der Waals surface area contributed by atoms with Crippen molar-refractivity contribution in [1.29, 1.82) is 0 Å². The highest BCUT2D eigenvalue weighted by Gasteiger charge is 2.26. The van der Waals surface area contributed by atoms with Gasteiger partial charge >= 0.3 is 5.97 Å². The van der Waals surface area contributed by atoms with Gasteiger partial charge in [-0.2, -0.15) is 0 Å². The highest BCUT2D eigenvalue weighted by Crippen LogP contribution is 2.33. The number of hydrogen-bond acceptors (Lipinski definition) is 3. The van der Waals surface area contributed by atoms with Crippen LogP contribution in [0.15, 0.2) is 30.3 Å². The molecule has 0 unspecified atom stereocenters. The van der Waals surface area contributed by atoms with E-state index in [1.165, 1.54) is 31.4 Å². The lowest BCUT2D eigenvalue weighted by atomic mass is 9.82. The van der Waals surface area contributed by atoms with Gasteiger partial charge in [-0.05, 0) is 55.4 Å². The minimum absolute atomic E-state index is 0.0202. The standard InChI is InChI=1S/C23H26F2N2O2/c24-19-13-17(21-6-2-5-18(26-21)11-15-3-1-4-15)14-20(25)23(19)27-9-7-16(8-10-27)12-22(28)29/h2,5-6,13-16H,1,3-4,7-12H2,(H,28,29). The van der Waals surface area contributed by atoms with Crippen molar-refractivity contribution < 1.29 is 18.7 Å². The minimum Gasteiger partial charge on any atom is -0.481 e. The summed E-state index contributed by atoms with van der Waals surface area (Å²) in [7, 11) is 0. The van der Waals surface area contributed by atoms with Crippen LogP contribution in [-0.2, 0) is 11.2 Å². The quantitative estimate of drug-likeness (QED) is 0.736. The Bertz CT molecular complexity index is 867. The molecule has 1 aliphatic carbocycles. The number of piperidine rings is 1. The fourth-order valence-corrected chi connectivity index (χ4v) is 4.37. The van der Waals surface area contributed by atoms with Crippen LogP contribution in [0.1, 0.15) is 44.2 Å². The number of aliphatic carboxylic acids is 1. The third kappa shape index (κ3) is 4.57. The molecule has 154 valence electrons. The van der Waals surface area contributed by atoms with E-state index >= 15 is 0 Å². The largest absolute Gasteiger partial charge is 0.481 e. The summed E-state index contributed by atoms with van der Waals surface area (Å²) in [6.07, 6.45) is 6.01. The second kappa shape index (κ2) is 8.47. The van der Waals surface area contributed by atoms with Gasteiger partial charge in [0.05, 0.1) is 5.69 Å². The summed E-state index contributed by atoms with van der Waals surface area (Å²) in [6, 6.07) is 8.38. The Labute approximate surface area is 169 Å². The van der Waals surface area contributed by atoms with Gasteiger partial charge in [-0.25, -0.2) is 8.78 Å². The molecule has 2 aromatic rings. The summed E-state index contributed by atoms with van der Waals surface area (Å²) in [5, 5.41) is 8.92. The molecule has 0 atom stereocenters. The lowest BCUT2D eigenvalue weighted by Crippen LogP contribution is -2.35. The summed E-state index contributed by atoms with van der Waals surface area (Å²) in [5.74, 6) is -1.27. The molecule has 1 aromatic heterocycles. The van der Waals surface area contributed by atoms with Crippen LogP contribution < -0.4 is 4.90 Å². The number of carboxylic acids is 1. The number of carboxylic acid groups (broad SMARTS) is 1. The number of pyridine rings is 1. The molecule has 29 heavy (non-hydrogen) atoms. The first-order chi connectivity index (χ1) is 14.0. The fourth-order valence-electron chi connectivity index (χ4n) is 4.37. The predicted octanol–water partition coefficient (Wildman–Crippen LogP) is 5.06. The Kier molecular flexibility index (Phi) is 5.79. The van der Waals surface area contributed by atoms with Gasteiger partial charge in [0.2, 0.25) is 0 Å². The van der Waals surface area contributed by atoms with Gasteiger partial charge in [0, 0.05) is 30.8 Å². The number of nitrogens with zero attached hydrogens (tertiary/aromatic N) is 2. The van der Waals surface area contributed by atoms with Gasteiger partial charge in [-0.1, -0.05) is 25.3 Å². The number of aromatic nitrogens is 1. The Morgan fingerprint density at radius 1 is 1.07 bits per heavy atom. The summed E-state index contributed by atoms with van der Waals surface area (Å²) >= 11 is 0. The van der Waals surface area contributed by atoms with E-state index in [4.69, 9.17) is 5.11 Å². The smallest absolute Gasteiger partial charge is 0.303 e. The molecule has 2 fully saturated rings. The van der Waals surface area contributed by atoms with E-state index in [0.717, 1.165) is 12.1 Å². The van der Waals surface area contributed by atoms with Gasteiger partial charge < -0.3 is 10.0 Å². The van der Waals surface area contributed by atoms with Crippen molar-refractivity contribution in [1.82, 2.24) is 4.98 Å². The van der Waals surface area contributed by atoms with Crippen molar-refractivity contribution in [2.75, 3.05) is 18.0 Å². The first-order valence-corrected chi connectivity index (χ1v) is 10.4. The molecule has 4 nitrogen and oxygen atoms in total. The second-order valence-corrected chi connectivity index (χ2v) is 8.33. The minimum atomic E-state index is -0.822. The molecule has 0 spiro atoms. The Hall–Kier alpha value is -2.50. The van der Waals surface area contributed by atoms with Gasteiger partial charge in [0.15, 0.2) is 0 Å². The molecule has 1 saturated heterocycles. The Morgan fingerprint density at radius 3 is 2.34 bits per heavy atom. The lowest BCUT2D eigenvalue weighted by molar-refractivity contribution is -0.138. The van der Waals surface area contributed by atoms with Crippen LogP contribution in [0, 0.1) is 23.5 Å². The fraction of sp³-hybridized carbons (Fsp3) is 0.478. The summed E-state index contributed by atoms with van der Waals surface area (Å²) in [4.78, 5) is 17.2. The molecule has 2 aliphatic rings. The zero-order valence-electron chi connectivity index (χ0n) is 16.4. The molecule has 6 heteroatoms. The van der Waals surface area contributed by atoms with Crippen LogP contribution in [0.25, 0.3) is 11.3 Å². The van der Waals surface area contributed by atoms with Gasteiger partial charge in [0.25, 0.3) is 0 Å². The average molecular weight is 400 g/mol. The number of anilines is 1. The average Bonchev–Trinajstić information content (AvgIpc) is 2.65. The zero-order valence-corrected chi connectivity index (χ0v) is 16.4. The van der Waals surface area contributed by atoms with Crippen molar-refractivity contribution in [2.45, 2.75) is 44.9 Å². The number of rotatable bonds is 6. The SMILES string of the molecule is O=C(O)CC1CCN(c2c(F)cc(-c3cccc(CC4CCC4)n3)cc2F)CC1.